The van der Waals surface area contributed by atoms with Crippen molar-refractivity contribution in [2.24, 2.45) is 0 Å². The van der Waals surface area contributed by atoms with Gasteiger partial charge in [-0.15, -0.1) is 0 Å². The van der Waals surface area contributed by atoms with Crippen molar-refractivity contribution in [2.45, 2.75) is 19.6 Å². The fourth-order valence-corrected chi connectivity index (χ4v) is 3.59. The first kappa shape index (κ1) is 20.9. The minimum Gasteiger partial charge on any atom is -0.390 e. The molecule has 1 saturated heterocycles. The summed E-state index contributed by atoms with van der Waals surface area (Å²) in [5.41, 5.74) is 3.73. The van der Waals surface area contributed by atoms with Crippen molar-refractivity contribution in [2.75, 3.05) is 23.7 Å². The van der Waals surface area contributed by atoms with E-state index in [0.29, 0.717) is 23.4 Å². The second kappa shape index (κ2) is 9.27. The van der Waals surface area contributed by atoms with E-state index in [-0.39, 0.29) is 6.10 Å². The number of likely N-dealkylation sites (tertiary alicyclic amines) is 1. The smallest absolute Gasteiger partial charge is 0.229 e. The van der Waals surface area contributed by atoms with E-state index in [1.165, 1.54) is 5.56 Å². The number of benzene rings is 1. The molecule has 0 radical (unpaired) electrons. The quantitative estimate of drug-likeness (QED) is 0.398. The number of β-amino-alcohol motifs (C(OH)–C–C–N with tert-alkyl or cyclic N) is 1. The van der Waals surface area contributed by atoms with Gasteiger partial charge in [-0.1, -0.05) is 18.2 Å². The van der Waals surface area contributed by atoms with Gasteiger partial charge in [-0.05, 0) is 48.9 Å². The second-order valence-corrected chi connectivity index (χ2v) is 7.99. The van der Waals surface area contributed by atoms with E-state index in [0.717, 1.165) is 36.7 Å². The van der Waals surface area contributed by atoms with Gasteiger partial charge in [-0.2, -0.15) is 4.98 Å². The standard InChI is InChI=1S/C24H24N8O/c1-16-3-2-4-20(27-16)23-25-11-9-21(30-23)29-22-10-12-26-24(31-22)28-18-7-5-17(6-8-18)13-32-14-19(33)15-32/h2-12,19,33H,13-15H2,1H3,(H2,25,26,28,29,30,31). The van der Waals surface area contributed by atoms with Crippen molar-refractivity contribution in [3.8, 4) is 11.5 Å². The van der Waals surface area contributed by atoms with Crippen LogP contribution in [-0.4, -0.2) is 54.1 Å². The summed E-state index contributed by atoms with van der Waals surface area (Å²) in [6, 6.07) is 17.5. The summed E-state index contributed by atoms with van der Waals surface area (Å²) in [6.07, 6.45) is 3.19. The van der Waals surface area contributed by atoms with E-state index in [1.54, 1.807) is 24.5 Å². The monoisotopic (exact) mass is 440 g/mol. The zero-order valence-corrected chi connectivity index (χ0v) is 18.2. The summed E-state index contributed by atoms with van der Waals surface area (Å²) in [4.78, 5) is 24.4. The molecule has 0 unspecified atom stereocenters. The number of aliphatic hydroxyl groups is 1. The number of hydrogen-bond acceptors (Lipinski definition) is 9. The molecule has 0 amide bonds. The number of anilines is 4. The van der Waals surface area contributed by atoms with Crippen LogP contribution in [-0.2, 0) is 6.54 Å². The molecule has 0 spiro atoms. The molecule has 1 fully saturated rings. The number of aryl methyl sites for hydroxylation is 1. The summed E-state index contributed by atoms with van der Waals surface area (Å²) in [5, 5.41) is 15.9. The van der Waals surface area contributed by atoms with Crippen LogP contribution in [0.3, 0.4) is 0 Å². The highest BCUT2D eigenvalue weighted by atomic mass is 16.3. The molecule has 33 heavy (non-hydrogen) atoms. The Kier molecular flexibility index (Phi) is 5.88. The molecule has 3 N–H and O–H groups in total. The van der Waals surface area contributed by atoms with Crippen LogP contribution >= 0.6 is 0 Å². The Morgan fingerprint density at radius 2 is 1.64 bits per heavy atom. The molecule has 5 rings (SSSR count). The first-order chi connectivity index (χ1) is 16.1. The van der Waals surface area contributed by atoms with Gasteiger partial charge in [0.05, 0.1) is 6.10 Å². The SMILES string of the molecule is Cc1cccc(-c2nccc(Nc3ccnc(Nc4ccc(CN5CC(O)C5)cc4)n3)n2)n1. The van der Waals surface area contributed by atoms with Gasteiger partial charge in [0, 0.05) is 43.4 Å². The van der Waals surface area contributed by atoms with Gasteiger partial charge in [0.1, 0.15) is 17.3 Å². The van der Waals surface area contributed by atoms with E-state index in [2.05, 4.69) is 52.6 Å². The largest absolute Gasteiger partial charge is 0.390 e. The molecule has 3 aromatic heterocycles. The van der Waals surface area contributed by atoms with Gasteiger partial charge >= 0.3 is 0 Å². The molecule has 4 aromatic rings. The number of nitrogens with zero attached hydrogens (tertiary/aromatic N) is 6. The van der Waals surface area contributed by atoms with Crippen molar-refractivity contribution in [1.82, 2.24) is 29.8 Å². The Morgan fingerprint density at radius 1 is 0.879 bits per heavy atom. The average molecular weight is 441 g/mol. The highest BCUT2D eigenvalue weighted by Crippen LogP contribution is 2.20. The Labute approximate surface area is 191 Å². The third kappa shape index (κ3) is 5.28. The van der Waals surface area contributed by atoms with Gasteiger partial charge < -0.3 is 15.7 Å². The molecule has 9 heteroatoms. The molecule has 4 heterocycles. The third-order valence-electron chi connectivity index (χ3n) is 5.24. The summed E-state index contributed by atoms with van der Waals surface area (Å²) in [5.74, 6) is 2.26. The zero-order chi connectivity index (χ0) is 22.6. The molecule has 9 nitrogen and oxygen atoms in total. The van der Waals surface area contributed by atoms with Crippen LogP contribution in [0.25, 0.3) is 11.5 Å². The molecule has 1 aromatic carbocycles. The zero-order valence-electron chi connectivity index (χ0n) is 18.2. The number of nitrogens with one attached hydrogen (secondary N) is 2. The van der Waals surface area contributed by atoms with Gasteiger partial charge in [0.2, 0.25) is 5.95 Å². The highest BCUT2D eigenvalue weighted by Gasteiger charge is 2.23. The van der Waals surface area contributed by atoms with E-state index < -0.39 is 0 Å². The minimum absolute atomic E-state index is 0.183. The maximum Gasteiger partial charge on any atom is 0.229 e. The van der Waals surface area contributed by atoms with Crippen LogP contribution < -0.4 is 10.6 Å². The summed E-state index contributed by atoms with van der Waals surface area (Å²) in [6.45, 7) is 4.25. The van der Waals surface area contributed by atoms with E-state index in [1.807, 2.05) is 37.3 Å². The van der Waals surface area contributed by atoms with Crippen molar-refractivity contribution in [1.29, 1.82) is 0 Å². The molecular weight excluding hydrogens is 416 g/mol. The summed E-state index contributed by atoms with van der Waals surface area (Å²) < 4.78 is 0. The van der Waals surface area contributed by atoms with E-state index >= 15 is 0 Å². The molecular formula is C24H24N8O. The number of pyridine rings is 1. The van der Waals surface area contributed by atoms with Crippen LogP contribution in [0.4, 0.5) is 23.3 Å². The number of aromatic nitrogens is 5. The fraction of sp³-hybridized carbons (Fsp3) is 0.208. The average Bonchev–Trinajstić information content (AvgIpc) is 2.80. The molecule has 166 valence electrons. The Hall–Kier alpha value is -3.95. The first-order valence-corrected chi connectivity index (χ1v) is 10.7. The maximum absolute atomic E-state index is 9.42. The molecule has 0 aliphatic carbocycles. The van der Waals surface area contributed by atoms with Crippen molar-refractivity contribution < 1.29 is 5.11 Å². The molecule has 0 bridgehead atoms. The van der Waals surface area contributed by atoms with Crippen LogP contribution in [0, 0.1) is 6.92 Å². The second-order valence-electron chi connectivity index (χ2n) is 7.99. The lowest BCUT2D eigenvalue weighted by Gasteiger charge is -2.35. The predicted molar refractivity (Wildman–Crippen MR) is 126 cm³/mol. The molecule has 1 aliphatic rings. The number of rotatable bonds is 7. The van der Waals surface area contributed by atoms with Crippen molar-refractivity contribution >= 4 is 23.3 Å². The van der Waals surface area contributed by atoms with Crippen LogP contribution in [0.5, 0.6) is 0 Å². The summed E-state index contributed by atoms with van der Waals surface area (Å²) in [7, 11) is 0. The van der Waals surface area contributed by atoms with Gasteiger partial charge in [0.25, 0.3) is 0 Å². The topological polar surface area (TPSA) is 112 Å². The minimum atomic E-state index is -0.183. The highest BCUT2D eigenvalue weighted by molar-refractivity contribution is 5.59. The predicted octanol–water partition coefficient (Wildman–Crippen LogP) is 3.30. The Morgan fingerprint density at radius 3 is 2.39 bits per heavy atom. The Balaban J connectivity index is 1.25. The lowest BCUT2D eigenvalue weighted by atomic mass is 10.1. The van der Waals surface area contributed by atoms with Crippen molar-refractivity contribution in [3.63, 3.8) is 0 Å². The molecule has 0 saturated carbocycles. The maximum atomic E-state index is 9.42. The lowest BCUT2D eigenvalue weighted by Crippen LogP contribution is -2.49. The summed E-state index contributed by atoms with van der Waals surface area (Å²) >= 11 is 0. The normalized spacial score (nSPS) is 14.0. The van der Waals surface area contributed by atoms with Crippen LogP contribution in [0.1, 0.15) is 11.3 Å². The van der Waals surface area contributed by atoms with Gasteiger partial charge in [-0.3, -0.25) is 4.90 Å². The van der Waals surface area contributed by atoms with E-state index in [9.17, 15) is 5.11 Å². The van der Waals surface area contributed by atoms with Crippen molar-refractivity contribution in [3.05, 3.63) is 78.2 Å². The van der Waals surface area contributed by atoms with E-state index in [4.69, 9.17) is 0 Å². The Bertz CT molecular complexity index is 1240. The fourth-order valence-electron chi connectivity index (χ4n) is 3.59. The number of hydrogen-bond donors (Lipinski definition) is 3. The van der Waals surface area contributed by atoms with Gasteiger partial charge in [0.15, 0.2) is 5.82 Å². The first-order valence-electron chi connectivity index (χ1n) is 10.7. The molecule has 1 aliphatic heterocycles. The number of aliphatic hydroxyl groups excluding tert-OH is 1. The molecule has 0 atom stereocenters. The van der Waals surface area contributed by atoms with Crippen LogP contribution in [0.15, 0.2) is 67.0 Å². The van der Waals surface area contributed by atoms with Crippen LogP contribution in [0.2, 0.25) is 0 Å². The lowest BCUT2D eigenvalue weighted by molar-refractivity contribution is -0.00286. The third-order valence-corrected chi connectivity index (χ3v) is 5.24. The van der Waals surface area contributed by atoms with Gasteiger partial charge in [-0.25, -0.2) is 19.9 Å².